The molecule has 1 saturated heterocycles. The maximum atomic E-state index is 10.9. The summed E-state index contributed by atoms with van der Waals surface area (Å²) in [6, 6.07) is 11.2. The molecule has 1 aliphatic heterocycles. The van der Waals surface area contributed by atoms with Crippen LogP contribution in [0.25, 0.3) is 0 Å². The number of nitrogens with zero attached hydrogens (tertiary/aromatic N) is 6. The first-order valence-corrected chi connectivity index (χ1v) is 11.4. The van der Waals surface area contributed by atoms with E-state index in [1.165, 1.54) is 24.8 Å². The van der Waals surface area contributed by atoms with Gasteiger partial charge in [-0.1, -0.05) is 0 Å². The molecule has 0 bridgehead atoms. The Morgan fingerprint density at radius 1 is 1.06 bits per heavy atom. The van der Waals surface area contributed by atoms with E-state index in [-0.39, 0.29) is 23.3 Å². The van der Waals surface area contributed by atoms with Gasteiger partial charge in [0.1, 0.15) is 5.75 Å². The Labute approximate surface area is 203 Å². The number of phenols is 1. The number of phenolic OH excluding ortho intramolecular Hbond substituents is 1. The first kappa shape index (κ1) is 22.6. The number of nitrogens with one attached hydrogen (secondary N) is 2. The summed E-state index contributed by atoms with van der Waals surface area (Å²) in [5.41, 5.74) is 3.97. The van der Waals surface area contributed by atoms with E-state index in [4.69, 9.17) is 0 Å². The third kappa shape index (κ3) is 6.03. The van der Waals surface area contributed by atoms with Crippen LogP contribution in [0.4, 0.5) is 29.2 Å². The van der Waals surface area contributed by atoms with Crippen LogP contribution in [-0.2, 0) is 0 Å². The predicted molar refractivity (Wildman–Crippen MR) is 134 cm³/mol. The summed E-state index contributed by atoms with van der Waals surface area (Å²) in [6.45, 7) is 1.69. The van der Waals surface area contributed by atoms with Crippen LogP contribution < -0.4 is 15.6 Å². The second kappa shape index (κ2) is 10.4. The van der Waals surface area contributed by atoms with Gasteiger partial charge >= 0.3 is 0 Å². The lowest BCUT2D eigenvalue weighted by molar-refractivity contribution is -0.384. The van der Waals surface area contributed by atoms with Gasteiger partial charge in [-0.3, -0.25) is 10.1 Å². The lowest BCUT2D eigenvalue weighted by Crippen LogP contribution is -2.31. The number of aromatic nitrogens is 3. The minimum atomic E-state index is -0.452. The largest absolute Gasteiger partial charge is 0.507 e. The summed E-state index contributed by atoms with van der Waals surface area (Å²) >= 11 is 2.16. The van der Waals surface area contributed by atoms with Crippen LogP contribution >= 0.6 is 22.6 Å². The average Bonchev–Trinajstić information content (AvgIpc) is 2.82. The first-order chi connectivity index (χ1) is 16.0. The Kier molecular flexibility index (Phi) is 7.12. The Balaban J connectivity index is 1.57. The molecule has 3 aromatic rings. The standard InChI is InChI=1S/C21H21IN8O3/c22-15-4-9-18(31)14(12-15)13-23-28-20-25-19(24-16-5-7-17(8-6-16)30(32)33)26-21(27-20)29-10-2-1-3-11-29/h4-9,12-13,31H,1-3,10-11H2,(H2,24,25,26,27,28). The summed E-state index contributed by atoms with van der Waals surface area (Å²) in [5.74, 6) is 1.15. The Morgan fingerprint density at radius 3 is 2.52 bits per heavy atom. The molecule has 12 heteroatoms. The SMILES string of the molecule is O=[N+]([O-])c1ccc(Nc2nc(NN=Cc3cc(I)ccc3O)nc(N3CCCCC3)n2)cc1. The highest BCUT2D eigenvalue weighted by atomic mass is 127. The summed E-state index contributed by atoms with van der Waals surface area (Å²) in [4.78, 5) is 25.9. The van der Waals surface area contributed by atoms with Crippen molar-refractivity contribution in [2.75, 3.05) is 28.7 Å². The zero-order valence-electron chi connectivity index (χ0n) is 17.5. The Morgan fingerprint density at radius 2 is 1.79 bits per heavy atom. The summed E-state index contributed by atoms with van der Waals surface area (Å²) in [7, 11) is 0. The van der Waals surface area contributed by atoms with Crippen LogP contribution in [0.15, 0.2) is 47.6 Å². The number of non-ortho nitro benzene ring substituents is 1. The lowest BCUT2D eigenvalue weighted by atomic mass is 10.1. The topological polar surface area (TPSA) is 142 Å². The molecule has 11 nitrogen and oxygen atoms in total. The molecule has 0 atom stereocenters. The van der Waals surface area contributed by atoms with Crippen LogP contribution in [0.3, 0.4) is 0 Å². The van der Waals surface area contributed by atoms with E-state index >= 15 is 0 Å². The van der Waals surface area contributed by atoms with Crippen LogP contribution in [0.2, 0.25) is 0 Å². The fourth-order valence-corrected chi connectivity index (χ4v) is 3.81. The third-order valence-corrected chi connectivity index (χ3v) is 5.63. The predicted octanol–water partition coefficient (Wildman–Crippen LogP) is 4.27. The smallest absolute Gasteiger partial charge is 0.269 e. The van der Waals surface area contributed by atoms with E-state index in [1.807, 2.05) is 0 Å². The fraction of sp³-hybridized carbons (Fsp3) is 0.238. The number of benzene rings is 2. The molecule has 0 saturated carbocycles. The normalized spacial score (nSPS) is 13.8. The number of aromatic hydroxyl groups is 1. The van der Waals surface area contributed by atoms with Crippen molar-refractivity contribution in [3.05, 3.63) is 61.7 Å². The number of nitro groups is 1. The minimum absolute atomic E-state index is 0.000667. The van der Waals surface area contributed by atoms with Gasteiger partial charge in [-0.25, -0.2) is 5.43 Å². The number of piperidine rings is 1. The molecule has 33 heavy (non-hydrogen) atoms. The number of hydrazone groups is 1. The first-order valence-electron chi connectivity index (χ1n) is 10.3. The molecule has 0 aliphatic carbocycles. The van der Waals surface area contributed by atoms with Crippen molar-refractivity contribution in [3.8, 4) is 5.75 Å². The maximum Gasteiger partial charge on any atom is 0.269 e. The van der Waals surface area contributed by atoms with Crippen molar-refractivity contribution in [2.24, 2.45) is 5.10 Å². The molecule has 0 spiro atoms. The Hall–Kier alpha value is -3.55. The highest BCUT2D eigenvalue weighted by molar-refractivity contribution is 14.1. The van der Waals surface area contributed by atoms with Crippen molar-refractivity contribution in [3.63, 3.8) is 0 Å². The van der Waals surface area contributed by atoms with E-state index in [0.717, 1.165) is 29.5 Å². The van der Waals surface area contributed by atoms with Crippen LogP contribution in [0.5, 0.6) is 5.75 Å². The van der Waals surface area contributed by atoms with Gasteiger partial charge in [-0.15, -0.1) is 0 Å². The van der Waals surface area contributed by atoms with Gasteiger partial charge in [0.2, 0.25) is 17.8 Å². The summed E-state index contributed by atoms with van der Waals surface area (Å²) in [5, 5.41) is 28.1. The van der Waals surface area contributed by atoms with E-state index < -0.39 is 4.92 Å². The highest BCUT2D eigenvalue weighted by Gasteiger charge is 2.16. The molecule has 0 radical (unpaired) electrons. The minimum Gasteiger partial charge on any atom is -0.507 e. The molecule has 1 fully saturated rings. The molecule has 1 aromatic heterocycles. The number of anilines is 4. The number of halogens is 1. The molecule has 2 heterocycles. The van der Waals surface area contributed by atoms with Crippen molar-refractivity contribution in [2.45, 2.75) is 19.3 Å². The third-order valence-electron chi connectivity index (χ3n) is 4.95. The van der Waals surface area contributed by atoms with Crippen LogP contribution in [-0.4, -0.2) is 44.3 Å². The second-order valence-corrected chi connectivity index (χ2v) is 8.58. The molecule has 4 rings (SSSR count). The van der Waals surface area contributed by atoms with Crippen molar-refractivity contribution < 1.29 is 10.0 Å². The van der Waals surface area contributed by atoms with Gasteiger partial charge in [0, 0.05) is 40.0 Å². The fourth-order valence-electron chi connectivity index (χ4n) is 3.29. The molecule has 2 aromatic carbocycles. The number of hydrogen-bond acceptors (Lipinski definition) is 10. The van der Waals surface area contributed by atoms with Crippen molar-refractivity contribution >= 4 is 58.0 Å². The van der Waals surface area contributed by atoms with E-state index in [1.54, 1.807) is 30.3 Å². The van der Waals surface area contributed by atoms with E-state index in [0.29, 0.717) is 17.2 Å². The molecular weight excluding hydrogens is 539 g/mol. The van der Waals surface area contributed by atoms with E-state index in [9.17, 15) is 15.2 Å². The quantitative estimate of drug-likeness (QED) is 0.167. The zero-order valence-corrected chi connectivity index (χ0v) is 19.6. The molecule has 1 aliphatic rings. The van der Waals surface area contributed by atoms with Gasteiger partial charge in [-0.2, -0.15) is 20.1 Å². The summed E-state index contributed by atoms with van der Waals surface area (Å²) < 4.78 is 0.967. The molecule has 0 amide bonds. The molecular formula is C21H21IN8O3. The maximum absolute atomic E-state index is 10.9. The Bertz CT molecular complexity index is 1170. The summed E-state index contributed by atoms with van der Waals surface area (Å²) in [6.07, 6.45) is 4.78. The van der Waals surface area contributed by atoms with Gasteiger partial charge in [0.25, 0.3) is 5.69 Å². The monoisotopic (exact) mass is 560 g/mol. The van der Waals surface area contributed by atoms with Crippen molar-refractivity contribution in [1.29, 1.82) is 0 Å². The van der Waals surface area contributed by atoms with Gasteiger partial charge < -0.3 is 15.3 Å². The van der Waals surface area contributed by atoms with Gasteiger partial charge in [0.15, 0.2) is 0 Å². The number of rotatable bonds is 7. The van der Waals surface area contributed by atoms with Crippen LogP contribution in [0, 0.1) is 13.7 Å². The van der Waals surface area contributed by atoms with Crippen molar-refractivity contribution in [1.82, 2.24) is 15.0 Å². The molecule has 3 N–H and O–H groups in total. The van der Waals surface area contributed by atoms with E-state index in [2.05, 4.69) is 58.3 Å². The number of nitro benzene ring substituents is 1. The van der Waals surface area contributed by atoms with Gasteiger partial charge in [-0.05, 0) is 72.2 Å². The van der Waals surface area contributed by atoms with Crippen LogP contribution in [0.1, 0.15) is 24.8 Å². The lowest BCUT2D eigenvalue weighted by Gasteiger charge is -2.26. The molecule has 0 unspecified atom stereocenters. The zero-order chi connectivity index (χ0) is 23.2. The highest BCUT2D eigenvalue weighted by Crippen LogP contribution is 2.22. The van der Waals surface area contributed by atoms with Gasteiger partial charge in [0.05, 0.1) is 11.1 Å². The number of hydrogen-bond donors (Lipinski definition) is 3. The average molecular weight is 560 g/mol. The molecule has 170 valence electrons. The second-order valence-electron chi connectivity index (χ2n) is 7.33.